The van der Waals surface area contributed by atoms with Crippen LogP contribution < -0.4 is 4.74 Å². The summed E-state index contributed by atoms with van der Waals surface area (Å²) < 4.78 is 9.74. The molecule has 0 aliphatic rings. The minimum Gasteiger partial charge on any atom is -0.495 e. The molecule has 0 atom stereocenters. The van der Waals surface area contributed by atoms with Crippen LogP contribution in [0.3, 0.4) is 0 Å². The van der Waals surface area contributed by atoms with E-state index in [1.807, 2.05) is 24.3 Å². The Balaban J connectivity index is 2.37. The second-order valence-corrected chi connectivity index (χ2v) is 3.66. The summed E-state index contributed by atoms with van der Waals surface area (Å²) in [6.07, 6.45) is 1.94. The minimum atomic E-state index is -0.250. The standard InChI is InChI=1S/C13H13NO3/c1-16-11-7-10-5-9(6-13(15)17-2)3-4-12(10)14-8-11/h3-5,7-8H,6H2,1-2H3. The maximum atomic E-state index is 11.2. The van der Waals surface area contributed by atoms with E-state index in [-0.39, 0.29) is 12.4 Å². The number of carbonyl (C=O) groups excluding carboxylic acids is 1. The fraction of sp³-hybridized carbons (Fsp3) is 0.231. The monoisotopic (exact) mass is 231 g/mol. The second-order valence-electron chi connectivity index (χ2n) is 3.66. The number of aromatic nitrogens is 1. The molecule has 2 aromatic rings. The molecule has 0 bridgehead atoms. The number of ether oxygens (including phenoxy) is 2. The zero-order chi connectivity index (χ0) is 12.3. The first-order valence-corrected chi connectivity index (χ1v) is 5.22. The summed E-state index contributed by atoms with van der Waals surface area (Å²) in [7, 11) is 2.98. The third-order valence-electron chi connectivity index (χ3n) is 2.53. The Labute approximate surface area is 99.2 Å². The first-order chi connectivity index (χ1) is 8.22. The van der Waals surface area contributed by atoms with Crippen molar-refractivity contribution in [1.82, 2.24) is 4.98 Å². The summed E-state index contributed by atoms with van der Waals surface area (Å²) in [5.41, 5.74) is 1.78. The largest absolute Gasteiger partial charge is 0.495 e. The summed E-state index contributed by atoms with van der Waals surface area (Å²) >= 11 is 0. The number of hydrogen-bond donors (Lipinski definition) is 0. The maximum Gasteiger partial charge on any atom is 0.309 e. The zero-order valence-corrected chi connectivity index (χ0v) is 9.77. The molecule has 1 aromatic carbocycles. The Morgan fingerprint density at radius 3 is 2.82 bits per heavy atom. The van der Waals surface area contributed by atoms with Gasteiger partial charge in [-0.3, -0.25) is 9.78 Å². The van der Waals surface area contributed by atoms with Gasteiger partial charge in [0, 0.05) is 5.39 Å². The molecule has 0 fully saturated rings. The van der Waals surface area contributed by atoms with Crippen LogP contribution in [0.15, 0.2) is 30.5 Å². The summed E-state index contributed by atoms with van der Waals surface area (Å²) in [6.45, 7) is 0. The SMILES string of the molecule is COC(=O)Cc1ccc2ncc(OC)cc2c1. The highest BCUT2D eigenvalue weighted by Crippen LogP contribution is 2.19. The molecule has 2 rings (SSSR count). The summed E-state index contributed by atoms with van der Waals surface area (Å²) in [5, 5.41) is 0.950. The van der Waals surface area contributed by atoms with Gasteiger partial charge in [0.25, 0.3) is 0 Å². The molecule has 0 saturated heterocycles. The normalized spacial score (nSPS) is 10.2. The predicted molar refractivity (Wildman–Crippen MR) is 64.0 cm³/mol. The lowest BCUT2D eigenvalue weighted by molar-refractivity contribution is -0.139. The number of carbonyl (C=O) groups is 1. The van der Waals surface area contributed by atoms with Crippen LogP contribution in [-0.2, 0) is 16.0 Å². The number of esters is 1. The molecule has 4 heteroatoms. The Morgan fingerprint density at radius 1 is 1.29 bits per heavy atom. The van der Waals surface area contributed by atoms with Crippen molar-refractivity contribution in [3.63, 3.8) is 0 Å². The van der Waals surface area contributed by atoms with E-state index >= 15 is 0 Å². The van der Waals surface area contributed by atoms with Crippen LogP contribution in [0, 0.1) is 0 Å². The van der Waals surface area contributed by atoms with Gasteiger partial charge in [0.2, 0.25) is 0 Å². The van der Waals surface area contributed by atoms with E-state index in [0.717, 1.165) is 16.5 Å². The first-order valence-electron chi connectivity index (χ1n) is 5.22. The Kier molecular flexibility index (Phi) is 3.23. The van der Waals surface area contributed by atoms with Gasteiger partial charge in [-0.25, -0.2) is 0 Å². The van der Waals surface area contributed by atoms with Gasteiger partial charge in [0.1, 0.15) is 5.75 Å². The average Bonchev–Trinajstić information content (AvgIpc) is 2.37. The van der Waals surface area contributed by atoms with Crippen molar-refractivity contribution in [3.8, 4) is 5.75 Å². The van der Waals surface area contributed by atoms with E-state index in [9.17, 15) is 4.79 Å². The van der Waals surface area contributed by atoms with Crippen molar-refractivity contribution < 1.29 is 14.3 Å². The molecule has 88 valence electrons. The molecule has 0 spiro atoms. The Bertz CT molecular complexity index is 551. The van der Waals surface area contributed by atoms with Gasteiger partial charge in [-0.15, -0.1) is 0 Å². The van der Waals surface area contributed by atoms with Gasteiger partial charge < -0.3 is 9.47 Å². The fourth-order valence-corrected chi connectivity index (χ4v) is 1.62. The average molecular weight is 231 g/mol. The molecule has 0 aliphatic heterocycles. The molecule has 0 aliphatic carbocycles. The highest BCUT2D eigenvalue weighted by Gasteiger charge is 2.04. The number of nitrogens with zero attached hydrogens (tertiary/aromatic N) is 1. The van der Waals surface area contributed by atoms with Crippen LogP contribution in [0.1, 0.15) is 5.56 Å². The number of pyridine rings is 1. The van der Waals surface area contributed by atoms with Crippen molar-refractivity contribution in [2.75, 3.05) is 14.2 Å². The molecular formula is C13H13NO3. The van der Waals surface area contributed by atoms with Crippen molar-refractivity contribution in [1.29, 1.82) is 0 Å². The lowest BCUT2D eigenvalue weighted by atomic mass is 10.1. The van der Waals surface area contributed by atoms with Crippen LogP contribution in [0.5, 0.6) is 5.75 Å². The molecule has 0 unspecified atom stereocenters. The number of fused-ring (bicyclic) bond motifs is 1. The van der Waals surface area contributed by atoms with E-state index < -0.39 is 0 Å². The molecule has 0 N–H and O–H groups in total. The van der Waals surface area contributed by atoms with E-state index in [2.05, 4.69) is 9.72 Å². The quantitative estimate of drug-likeness (QED) is 0.758. The molecular weight excluding hydrogens is 218 g/mol. The topological polar surface area (TPSA) is 48.4 Å². The highest BCUT2D eigenvalue weighted by atomic mass is 16.5. The molecule has 0 saturated carbocycles. The third kappa shape index (κ3) is 2.53. The van der Waals surface area contributed by atoms with Crippen molar-refractivity contribution in [2.45, 2.75) is 6.42 Å². The Morgan fingerprint density at radius 2 is 2.12 bits per heavy atom. The lowest BCUT2D eigenvalue weighted by Gasteiger charge is -2.04. The van der Waals surface area contributed by atoms with Gasteiger partial charge in [0.05, 0.1) is 32.4 Å². The number of rotatable bonds is 3. The molecule has 0 radical (unpaired) electrons. The van der Waals surface area contributed by atoms with Crippen LogP contribution in [0.25, 0.3) is 10.9 Å². The summed E-state index contributed by atoms with van der Waals surface area (Å²) in [4.78, 5) is 15.4. The Hall–Kier alpha value is -2.10. The zero-order valence-electron chi connectivity index (χ0n) is 9.77. The van der Waals surface area contributed by atoms with Crippen molar-refractivity contribution >= 4 is 16.9 Å². The third-order valence-corrected chi connectivity index (χ3v) is 2.53. The summed E-state index contributed by atoms with van der Waals surface area (Å²) in [5.74, 6) is 0.452. The fourth-order valence-electron chi connectivity index (χ4n) is 1.62. The van der Waals surface area contributed by atoms with Crippen molar-refractivity contribution in [2.24, 2.45) is 0 Å². The number of hydrogen-bond acceptors (Lipinski definition) is 4. The van der Waals surface area contributed by atoms with Crippen LogP contribution in [-0.4, -0.2) is 25.2 Å². The van der Waals surface area contributed by atoms with E-state index in [4.69, 9.17) is 4.74 Å². The molecule has 17 heavy (non-hydrogen) atoms. The van der Waals surface area contributed by atoms with Crippen LogP contribution in [0.2, 0.25) is 0 Å². The summed E-state index contributed by atoms with van der Waals surface area (Å²) in [6, 6.07) is 7.57. The minimum absolute atomic E-state index is 0.250. The number of methoxy groups -OCH3 is 2. The lowest BCUT2D eigenvalue weighted by Crippen LogP contribution is -2.04. The van der Waals surface area contributed by atoms with Gasteiger partial charge in [-0.2, -0.15) is 0 Å². The first kappa shape index (κ1) is 11.4. The van der Waals surface area contributed by atoms with Gasteiger partial charge in [-0.05, 0) is 23.8 Å². The van der Waals surface area contributed by atoms with Gasteiger partial charge >= 0.3 is 5.97 Å². The number of benzene rings is 1. The maximum absolute atomic E-state index is 11.2. The van der Waals surface area contributed by atoms with Crippen LogP contribution >= 0.6 is 0 Å². The van der Waals surface area contributed by atoms with E-state index in [0.29, 0.717) is 5.75 Å². The predicted octanol–water partition coefficient (Wildman–Crippen LogP) is 1.96. The highest BCUT2D eigenvalue weighted by molar-refractivity contribution is 5.82. The molecule has 4 nitrogen and oxygen atoms in total. The van der Waals surface area contributed by atoms with E-state index in [1.54, 1.807) is 13.3 Å². The smallest absolute Gasteiger partial charge is 0.309 e. The molecule has 1 aromatic heterocycles. The molecule has 1 heterocycles. The molecule has 0 amide bonds. The second kappa shape index (κ2) is 4.82. The van der Waals surface area contributed by atoms with Gasteiger partial charge in [-0.1, -0.05) is 6.07 Å². The van der Waals surface area contributed by atoms with E-state index in [1.165, 1.54) is 7.11 Å². The van der Waals surface area contributed by atoms with Gasteiger partial charge in [0.15, 0.2) is 0 Å². The van der Waals surface area contributed by atoms with Crippen LogP contribution in [0.4, 0.5) is 0 Å². The van der Waals surface area contributed by atoms with Crippen molar-refractivity contribution in [3.05, 3.63) is 36.0 Å².